The Kier molecular flexibility index (Phi) is 10.2. The van der Waals surface area contributed by atoms with Gasteiger partial charge in [0.25, 0.3) is 5.56 Å². The highest BCUT2D eigenvalue weighted by molar-refractivity contribution is 7.07. The van der Waals surface area contributed by atoms with Gasteiger partial charge in [0.05, 0.1) is 51.7 Å². The summed E-state index contributed by atoms with van der Waals surface area (Å²) in [5.41, 5.74) is 2.08. The van der Waals surface area contributed by atoms with Crippen molar-refractivity contribution in [2.45, 2.75) is 46.4 Å². The molecule has 1 aliphatic rings. The van der Waals surface area contributed by atoms with Crippen LogP contribution in [0.5, 0.6) is 17.2 Å². The predicted molar refractivity (Wildman–Crippen MR) is 176 cm³/mol. The normalized spacial score (nSPS) is 14.6. The van der Waals surface area contributed by atoms with Crippen LogP contribution >= 0.6 is 34.5 Å². The Bertz CT molecular complexity index is 2000. The van der Waals surface area contributed by atoms with E-state index >= 15 is 0 Å². The van der Waals surface area contributed by atoms with Crippen molar-refractivity contribution in [2.24, 2.45) is 4.99 Å². The van der Waals surface area contributed by atoms with E-state index in [0.717, 1.165) is 0 Å². The molecule has 0 saturated heterocycles. The lowest BCUT2D eigenvalue weighted by molar-refractivity contribution is -0.139. The lowest BCUT2D eigenvalue weighted by Crippen LogP contribution is -2.40. The lowest BCUT2D eigenvalue weighted by atomic mass is 9.95. The summed E-state index contributed by atoms with van der Waals surface area (Å²) >= 11 is 14.2. The third-order valence-electron chi connectivity index (χ3n) is 6.97. The number of carbonyl (C=O) groups is 1. The molecule has 0 radical (unpaired) electrons. The highest BCUT2D eigenvalue weighted by Crippen LogP contribution is 2.37. The van der Waals surface area contributed by atoms with Gasteiger partial charge in [0.15, 0.2) is 22.0 Å². The van der Waals surface area contributed by atoms with Crippen LogP contribution in [0.3, 0.4) is 0 Å². The summed E-state index contributed by atoms with van der Waals surface area (Å²) in [6, 6.07) is 13.7. The third-order valence-corrected chi connectivity index (χ3v) is 8.52. The predicted octanol–water partition coefficient (Wildman–Crippen LogP) is 6.62. The minimum Gasteiger partial charge on any atom is -0.493 e. The number of rotatable bonds is 10. The zero-order valence-corrected chi connectivity index (χ0v) is 28.1. The van der Waals surface area contributed by atoms with Crippen molar-refractivity contribution in [1.29, 1.82) is 0 Å². The number of hydrogen-bond acceptors (Lipinski definition) is 8. The minimum atomic E-state index is -0.842. The third kappa shape index (κ3) is 6.99. The largest absolute Gasteiger partial charge is 0.493 e. The number of halogens is 3. The number of hydrogen-bond donors (Lipinski definition) is 0. The maximum atomic E-state index is 14.1. The number of thiazole rings is 1. The zero-order valence-electron chi connectivity index (χ0n) is 25.7. The summed E-state index contributed by atoms with van der Waals surface area (Å²) in [5, 5.41) is 0.439. The number of esters is 1. The van der Waals surface area contributed by atoms with Crippen LogP contribution in [0.25, 0.3) is 6.08 Å². The molecule has 0 spiro atoms. The van der Waals surface area contributed by atoms with Gasteiger partial charge in [-0.1, -0.05) is 52.7 Å². The first kappa shape index (κ1) is 33.2. The monoisotopic (exact) mass is 684 g/mol. The molecule has 0 amide bonds. The number of nitrogens with zero attached hydrogens (tertiary/aromatic N) is 2. The quantitative estimate of drug-likeness (QED) is 0.175. The summed E-state index contributed by atoms with van der Waals surface area (Å²) in [5.74, 6) is 0.272. The molecular weight excluding hydrogens is 654 g/mol. The Labute approximate surface area is 278 Å². The molecule has 2 heterocycles. The van der Waals surface area contributed by atoms with Crippen LogP contribution in [0, 0.1) is 5.82 Å². The Morgan fingerprint density at radius 2 is 1.85 bits per heavy atom. The van der Waals surface area contributed by atoms with Crippen molar-refractivity contribution in [3.05, 3.63) is 118 Å². The fourth-order valence-electron chi connectivity index (χ4n) is 5.05. The molecule has 1 aliphatic heterocycles. The first-order chi connectivity index (χ1) is 22.0. The molecule has 8 nitrogen and oxygen atoms in total. The van der Waals surface area contributed by atoms with Crippen LogP contribution in [0.4, 0.5) is 4.39 Å². The van der Waals surface area contributed by atoms with Gasteiger partial charge in [0, 0.05) is 0 Å². The maximum absolute atomic E-state index is 14.1. The van der Waals surface area contributed by atoms with Crippen molar-refractivity contribution in [3.63, 3.8) is 0 Å². The van der Waals surface area contributed by atoms with Crippen LogP contribution in [-0.4, -0.2) is 30.4 Å². The van der Waals surface area contributed by atoms with E-state index in [0.29, 0.717) is 43.2 Å². The molecule has 0 fully saturated rings. The molecule has 1 aromatic heterocycles. The van der Waals surface area contributed by atoms with Gasteiger partial charge in [-0.3, -0.25) is 9.36 Å². The number of fused-ring (bicyclic) bond motifs is 1. The molecule has 12 heteroatoms. The topological polar surface area (TPSA) is 88.4 Å². The van der Waals surface area contributed by atoms with Crippen LogP contribution in [0.2, 0.25) is 10.0 Å². The molecule has 0 unspecified atom stereocenters. The first-order valence-corrected chi connectivity index (χ1v) is 16.0. The fraction of sp³-hybridized carbons (Fsp3) is 0.265. The van der Waals surface area contributed by atoms with E-state index in [1.165, 1.54) is 35.1 Å². The second kappa shape index (κ2) is 14.1. The van der Waals surface area contributed by atoms with Gasteiger partial charge in [-0.25, -0.2) is 14.2 Å². The van der Waals surface area contributed by atoms with Gasteiger partial charge in [-0.05, 0) is 86.9 Å². The van der Waals surface area contributed by atoms with Crippen molar-refractivity contribution in [2.75, 3.05) is 13.7 Å². The number of aromatic nitrogens is 1. The van der Waals surface area contributed by atoms with E-state index in [2.05, 4.69) is 4.99 Å². The van der Waals surface area contributed by atoms with E-state index in [1.807, 2.05) is 13.8 Å². The van der Waals surface area contributed by atoms with E-state index in [1.54, 1.807) is 62.4 Å². The summed E-state index contributed by atoms with van der Waals surface area (Å²) < 4.78 is 38.1. The van der Waals surface area contributed by atoms with Gasteiger partial charge < -0.3 is 18.9 Å². The molecule has 4 aromatic rings. The average Bonchev–Trinajstić information content (AvgIpc) is 3.29. The van der Waals surface area contributed by atoms with Crippen molar-refractivity contribution in [3.8, 4) is 17.2 Å². The van der Waals surface area contributed by atoms with E-state index in [4.69, 9.17) is 42.1 Å². The standard InChI is InChI=1S/C34H31Cl2FN2O6S/c1-6-43-33(41)29-19(4)38-34-39(30(29)22-10-11-26(45-18(2)3)27(16-22)42-5)32(40)28(46-34)15-21-13-24(35)31(25(36)14-21)44-17-20-8-7-9-23(37)12-20/h7-16,18,30H,6,17H2,1-5H3/b28-15-/t30-/m0/s1. The molecule has 240 valence electrons. The van der Waals surface area contributed by atoms with E-state index in [-0.39, 0.29) is 52.1 Å². The minimum absolute atomic E-state index is 0.0622. The Morgan fingerprint density at radius 1 is 1.11 bits per heavy atom. The van der Waals surface area contributed by atoms with E-state index in [9.17, 15) is 14.0 Å². The smallest absolute Gasteiger partial charge is 0.338 e. The lowest BCUT2D eigenvalue weighted by Gasteiger charge is -2.25. The number of allylic oxidation sites excluding steroid dienone is 1. The molecular formula is C34H31Cl2FN2O6S. The second-order valence-electron chi connectivity index (χ2n) is 10.6. The molecule has 1 atom stereocenters. The average molecular weight is 686 g/mol. The van der Waals surface area contributed by atoms with Crippen molar-refractivity contribution in [1.82, 2.24) is 4.57 Å². The van der Waals surface area contributed by atoms with Crippen LogP contribution < -0.4 is 29.1 Å². The zero-order chi connectivity index (χ0) is 33.1. The molecule has 0 aliphatic carbocycles. The Morgan fingerprint density at radius 3 is 2.50 bits per heavy atom. The fourth-order valence-corrected chi connectivity index (χ4v) is 6.71. The number of benzene rings is 3. The summed E-state index contributed by atoms with van der Waals surface area (Å²) in [6.07, 6.45) is 1.56. The van der Waals surface area contributed by atoms with Gasteiger partial charge >= 0.3 is 5.97 Å². The Balaban J connectivity index is 1.58. The molecule has 3 aromatic carbocycles. The van der Waals surface area contributed by atoms with Gasteiger partial charge in [0.2, 0.25) is 0 Å². The number of carbonyl (C=O) groups excluding carboxylic acids is 1. The number of methoxy groups -OCH3 is 1. The number of ether oxygens (including phenoxy) is 4. The van der Waals surface area contributed by atoms with Gasteiger partial charge in [-0.15, -0.1) is 0 Å². The first-order valence-electron chi connectivity index (χ1n) is 14.4. The van der Waals surface area contributed by atoms with Gasteiger partial charge in [0.1, 0.15) is 12.4 Å². The van der Waals surface area contributed by atoms with Crippen molar-refractivity contribution < 1.29 is 28.1 Å². The summed E-state index contributed by atoms with van der Waals surface area (Å²) in [7, 11) is 1.53. The highest BCUT2D eigenvalue weighted by atomic mass is 35.5. The second-order valence-corrected chi connectivity index (χ2v) is 12.4. The van der Waals surface area contributed by atoms with E-state index < -0.39 is 12.0 Å². The van der Waals surface area contributed by atoms with Crippen molar-refractivity contribution >= 4 is 46.6 Å². The SMILES string of the molecule is CCOC(=O)C1=C(C)N=c2s/c(=C\c3cc(Cl)c(OCc4cccc(F)c4)c(Cl)c3)c(=O)n2[C@H]1c1ccc(OC(C)C)c(OC)c1. The summed E-state index contributed by atoms with van der Waals surface area (Å²) in [6.45, 7) is 7.46. The molecule has 0 bridgehead atoms. The maximum Gasteiger partial charge on any atom is 0.338 e. The molecule has 0 N–H and O–H groups in total. The highest BCUT2D eigenvalue weighted by Gasteiger charge is 2.34. The molecule has 0 saturated carbocycles. The van der Waals surface area contributed by atoms with Crippen LogP contribution in [-0.2, 0) is 16.1 Å². The van der Waals surface area contributed by atoms with Crippen LogP contribution in [0.1, 0.15) is 50.4 Å². The van der Waals surface area contributed by atoms with Gasteiger partial charge in [-0.2, -0.15) is 0 Å². The Hall–Kier alpha value is -4.12. The molecule has 46 heavy (non-hydrogen) atoms. The van der Waals surface area contributed by atoms with Crippen LogP contribution in [0.15, 0.2) is 75.7 Å². The molecule has 5 rings (SSSR count). The summed E-state index contributed by atoms with van der Waals surface area (Å²) in [4.78, 5) is 32.4.